The number of methoxy groups -OCH3 is 1. The van der Waals surface area contributed by atoms with Crippen molar-refractivity contribution in [2.24, 2.45) is 12.5 Å². The maximum Gasteiger partial charge on any atom is 0.272 e. The van der Waals surface area contributed by atoms with Gasteiger partial charge in [0.25, 0.3) is 5.91 Å². The Labute approximate surface area is 170 Å². The topological polar surface area (TPSA) is 50.6 Å². The molecule has 2 aromatic carbocycles. The van der Waals surface area contributed by atoms with E-state index in [1.807, 2.05) is 59.0 Å². The first-order valence-corrected chi connectivity index (χ1v) is 9.84. The molecule has 6 heteroatoms. The Kier molecular flexibility index (Phi) is 4.08. The third-order valence-electron chi connectivity index (χ3n) is 6.07. The number of likely N-dealkylation sites (tertiary alicyclic amines) is 1. The molecular formula is C23H24N4O2. The van der Waals surface area contributed by atoms with Gasteiger partial charge in [0.2, 0.25) is 0 Å². The molecule has 1 aromatic heterocycles. The van der Waals surface area contributed by atoms with E-state index in [-0.39, 0.29) is 11.3 Å². The molecule has 148 valence electrons. The second-order valence-corrected chi connectivity index (χ2v) is 8.11. The molecule has 0 aliphatic carbocycles. The highest BCUT2D eigenvalue weighted by atomic mass is 16.5. The van der Waals surface area contributed by atoms with Crippen LogP contribution in [0.15, 0.2) is 60.8 Å². The molecule has 0 N–H and O–H groups in total. The molecular weight excluding hydrogens is 364 g/mol. The number of rotatable bonds is 4. The largest absolute Gasteiger partial charge is 0.497 e. The van der Waals surface area contributed by atoms with Gasteiger partial charge in [-0.25, -0.2) is 4.98 Å². The predicted molar refractivity (Wildman–Crippen MR) is 112 cm³/mol. The van der Waals surface area contributed by atoms with Crippen molar-refractivity contribution in [1.82, 2.24) is 14.5 Å². The monoisotopic (exact) mass is 388 g/mol. The van der Waals surface area contributed by atoms with Crippen LogP contribution in [0, 0.1) is 5.41 Å². The van der Waals surface area contributed by atoms with Crippen LogP contribution in [0.2, 0.25) is 0 Å². The quantitative estimate of drug-likeness (QED) is 0.689. The Morgan fingerprint density at radius 3 is 2.34 bits per heavy atom. The summed E-state index contributed by atoms with van der Waals surface area (Å²) in [7, 11) is 3.59. The zero-order chi connectivity index (χ0) is 20.0. The Morgan fingerprint density at radius 1 is 1.00 bits per heavy atom. The van der Waals surface area contributed by atoms with Crippen molar-refractivity contribution >= 4 is 11.6 Å². The van der Waals surface area contributed by atoms with Gasteiger partial charge < -0.3 is 19.1 Å². The smallest absolute Gasteiger partial charge is 0.272 e. The third kappa shape index (κ3) is 2.95. The number of anilines is 1. The molecule has 3 aromatic rings. The number of nitrogens with zero attached hydrogens (tertiary/aromatic N) is 4. The summed E-state index contributed by atoms with van der Waals surface area (Å²) in [6, 6.07) is 18.1. The van der Waals surface area contributed by atoms with Gasteiger partial charge >= 0.3 is 0 Å². The minimum atomic E-state index is 0.0655. The van der Waals surface area contributed by atoms with Crippen LogP contribution in [0.3, 0.4) is 0 Å². The molecule has 5 rings (SSSR count). The van der Waals surface area contributed by atoms with Crippen LogP contribution in [-0.4, -0.2) is 53.6 Å². The Morgan fingerprint density at radius 2 is 1.69 bits per heavy atom. The molecule has 2 saturated heterocycles. The summed E-state index contributed by atoms with van der Waals surface area (Å²) in [4.78, 5) is 21.8. The van der Waals surface area contributed by atoms with Crippen molar-refractivity contribution in [2.75, 3.05) is 38.2 Å². The van der Waals surface area contributed by atoms with Crippen molar-refractivity contribution in [3.63, 3.8) is 0 Å². The Hall–Kier alpha value is -3.28. The van der Waals surface area contributed by atoms with E-state index in [0.29, 0.717) is 5.69 Å². The maximum absolute atomic E-state index is 13.0. The number of carbonyl (C=O) groups excluding carboxylic acids is 1. The lowest BCUT2D eigenvalue weighted by atomic mass is 9.72. The summed E-state index contributed by atoms with van der Waals surface area (Å²) in [5.41, 5.74) is 3.10. The number of benzene rings is 2. The molecule has 6 nitrogen and oxygen atoms in total. The fourth-order valence-corrected chi connectivity index (χ4v) is 4.47. The van der Waals surface area contributed by atoms with Crippen molar-refractivity contribution in [3.8, 4) is 17.1 Å². The highest BCUT2D eigenvalue weighted by Crippen LogP contribution is 2.42. The number of aromatic nitrogens is 2. The van der Waals surface area contributed by atoms with Gasteiger partial charge in [-0.3, -0.25) is 4.79 Å². The van der Waals surface area contributed by atoms with Gasteiger partial charge in [-0.05, 0) is 24.3 Å². The molecule has 0 bridgehead atoms. The molecule has 0 unspecified atom stereocenters. The lowest BCUT2D eigenvalue weighted by molar-refractivity contribution is -0.0111. The molecule has 3 heterocycles. The number of carbonyl (C=O) groups is 1. The highest BCUT2D eigenvalue weighted by Gasteiger charge is 2.53. The molecule has 2 fully saturated rings. The zero-order valence-corrected chi connectivity index (χ0v) is 16.7. The van der Waals surface area contributed by atoms with E-state index in [9.17, 15) is 4.79 Å². The highest BCUT2D eigenvalue weighted by molar-refractivity contribution is 5.94. The minimum Gasteiger partial charge on any atom is -0.497 e. The van der Waals surface area contributed by atoms with Crippen LogP contribution in [0.25, 0.3) is 11.4 Å². The van der Waals surface area contributed by atoms with Gasteiger partial charge in [-0.15, -0.1) is 0 Å². The van der Waals surface area contributed by atoms with Crippen molar-refractivity contribution in [2.45, 2.75) is 0 Å². The average Bonchev–Trinajstić information content (AvgIpc) is 3.08. The molecule has 1 spiro atoms. The molecule has 0 atom stereocenters. The van der Waals surface area contributed by atoms with Gasteiger partial charge in [0.15, 0.2) is 0 Å². The fraction of sp³-hybridized carbons (Fsp3) is 0.304. The molecule has 2 aliphatic rings. The minimum absolute atomic E-state index is 0.0655. The average molecular weight is 388 g/mol. The van der Waals surface area contributed by atoms with Crippen molar-refractivity contribution in [3.05, 3.63) is 66.5 Å². The second kappa shape index (κ2) is 6.65. The van der Waals surface area contributed by atoms with Crippen LogP contribution in [0.4, 0.5) is 5.69 Å². The number of amides is 1. The second-order valence-electron chi connectivity index (χ2n) is 8.11. The normalized spacial score (nSPS) is 17.0. The van der Waals surface area contributed by atoms with E-state index in [0.717, 1.165) is 43.3 Å². The van der Waals surface area contributed by atoms with Gasteiger partial charge in [0, 0.05) is 49.9 Å². The van der Waals surface area contributed by atoms with Gasteiger partial charge in [-0.2, -0.15) is 0 Å². The Bertz CT molecular complexity index is 1030. The van der Waals surface area contributed by atoms with Crippen molar-refractivity contribution in [1.29, 1.82) is 0 Å². The number of hydrogen-bond donors (Lipinski definition) is 0. The number of ether oxygens (including phenoxy) is 1. The third-order valence-corrected chi connectivity index (χ3v) is 6.07. The molecule has 0 radical (unpaired) electrons. The van der Waals surface area contributed by atoms with Gasteiger partial charge in [0.05, 0.1) is 13.3 Å². The lowest BCUT2D eigenvalue weighted by Crippen LogP contribution is -2.73. The summed E-state index contributed by atoms with van der Waals surface area (Å²) in [5, 5.41) is 0. The summed E-state index contributed by atoms with van der Waals surface area (Å²) < 4.78 is 7.12. The van der Waals surface area contributed by atoms with Crippen LogP contribution in [0.5, 0.6) is 5.75 Å². The number of hydrogen-bond acceptors (Lipinski definition) is 4. The summed E-state index contributed by atoms with van der Waals surface area (Å²) in [6.45, 7) is 3.60. The van der Waals surface area contributed by atoms with E-state index in [1.54, 1.807) is 13.3 Å². The van der Waals surface area contributed by atoms with Crippen LogP contribution >= 0.6 is 0 Å². The lowest BCUT2D eigenvalue weighted by Gasteiger charge is -2.60. The SMILES string of the molecule is COc1ccc(N2CC3(CN(C(=O)c4cnc(-c5ccccc5)n4C)C3)C2)cc1. The van der Waals surface area contributed by atoms with Crippen LogP contribution in [-0.2, 0) is 7.05 Å². The zero-order valence-electron chi connectivity index (χ0n) is 16.7. The molecule has 1 amide bonds. The van der Waals surface area contributed by atoms with Gasteiger partial charge in [-0.1, -0.05) is 30.3 Å². The fourth-order valence-electron chi connectivity index (χ4n) is 4.47. The van der Waals surface area contributed by atoms with E-state index < -0.39 is 0 Å². The first-order chi connectivity index (χ1) is 14.1. The van der Waals surface area contributed by atoms with E-state index in [1.165, 1.54) is 5.69 Å². The predicted octanol–water partition coefficient (Wildman–Crippen LogP) is 3.06. The molecule has 0 saturated carbocycles. The van der Waals surface area contributed by atoms with E-state index in [4.69, 9.17) is 4.74 Å². The summed E-state index contributed by atoms with van der Waals surface area (Å²) in [6.07, 6.45) is 1.69. The Balaban J connectivity index is 1.22. The first-order valence-electron chi connectivity index (χ1n) is 9.84. The summed E-state index contributed by atoms with van der Waals surface area (Å²) >= 11 is 0. The summed E-state index contributed by atoms with van der Waals surface area (Å²) in [5.74, 6) is 1.75. The van der Waals surface area contributed by atoms with E-state index in [2.05, 4.69) is 22.0 Å². The standard InChI is InChI=1S/C23H24N4O2/c1-25-20(12-24-21(25)17-6-4-3-5-7-17)22(28)27-15-23(16-27)13-26(14-23)18-8-10-19(29-2)11-9-18/h3-12H,13-16H2,1-2H3. The first kappa shape index (κ1) is 17.8. The number of imidazole rings is 1. The van der Waals surface area contributed by atoms with Crippen LogP contribution in [0.1, 0.15) is 10.5 Å². The van der Waals surface area contributed by atoms with Gasteiger partial charge in [0.1, 0.15) is 17.3 Å². The van der Waals surface area contributed by atoms with Crippen LogP contribution < -0.4 is 9.64 Å². The van der Waals surface area contributed by atoms with E-state index >= 15 is 0 Å². The molecule has 2 aliphatic heterocycles. The van der Waals surface area contributed by atoms with Crippen molar-refractivity contribution < 1.29 is 9.53 Å². The molecule has 29 heavy (non-hydrogen) atoms. The maximum atomic E-state index is 13.0.